The van der Waals surface area contributed by atoms with Gasteiger partial charge in [0.2, 0.25) is 0 Å². The van der Waals surface area contributed by atoms with E-state index in [-0.39, 0.29) is 16.7 Å². The molecule has 15 heavy (non-hydrogen) atoms. The van der Waals surface area contributed by atoms with Crippen LogP contribution in [0.4, 0.5) is 0 Å². The van der Waals surface area contributed by atoms with Crippen LogP contribution in [0, 0.1) is 0 Å². The summed E-state index contributed by atoms with van der Waals surface area (Å²) in [5, 5.41) is 0. The van der Waals surface area contributed by atoms with Crippen molar-refractivity contribution in [2.24, 2.45) is 0 Å². The number of hydrogen-bond acceptors (Lipinski definition) is 4. The lowest BCUT2D eigenvalue weighted by atomic mass is 10.4. The maximum absolute atomic E-state index is 11.3. The fraction of sp³-hybridized carbons (Fsp3) is 0.375. The Morgan fingerprint density at radius 1 is 1.53 bits per heavy atom. The lowest BCUT2D eigenvalue weighted by molar-refractivity contribution is 0.0371. The molecular formula is C8H10ClNO4S. The molecule has 0 bridgehead atoms. The van der Waals surface area contributed by atoms with E-state index in [4.69, 9.17) is 15.4 Å². The lowest BCUT2D eigenvalue weighted by Crippen LogP contribution is -2.11. The Hall–Kier alpha value is -1.01. The molecule has 0 saturated heterocycles. The summed E-state index contributed by atoms with van der Waals surface area (Å²) in [6.45, 7) is 3.39. The first-order chi connectivity index (χ1) is 6.80. The second kappa shape index (κ2) is 4.24. The summed E-state index contributed by atoms with van der Waals surface area (Å²) in [4.78, 5) is 13.6. The summed E-state index contributed by atoms with van der Waals surface area (Å²) in [6.07, 6.45) is 0.871. The smallest absolute Gasteiger partial charge is 0.355 e. The van der Waals surface area contributed by atoms with Crippen LogP contribution in [0.15, 0.2) is 17.2 Å². The van der Waals surface area contributed by atoms with Gasteiger partial charge in [-0.25, -0.2) is 13.2 Å². The van der Waals surface area contributed by atoms with Gasteiger partial charge in [0, 0.05) is 16.9 Å². The zero-order chi connectivity index (χ0) is 11.6. The zero-order valence-electron chi connectivity index (χ0n) is 8.15. The molecule has 0 spiro atoms. The molecule has 0 atom stereocenters. The molecule has 0 fully saturated rings. The van der Waals surface area contributed by atoms with E-state index in [2.05, 4.69) is 4.98 Å². The number of ether oxygens (including phenoxy) is 1. The van der Waals surface area contributed by atoms with E-state index < -0.39 is 15.0 Å². The first-order valence-corrected chi connectivity index (χ1v) is 6.45. The van der Waals surface area contributed by atoms with Crippen LogP contribution in [0.2, 0.25) is 0 Å². The largest absolute Gasteiger partial charge is 0.458 e. The zero-order valence-corrected chi connectivity index (χ0v) is 9.72. The molecule has 0 aliphatic carbocycles. The average molecular weight is 252 g/mol. The van der Waals surface area contributed by atoms with Crippen molar-refractivity contribution >= 4 is 25.7 Å². The van der Waals surface area contributed by atoms with Crippen LogP contribution >= 0.6 is 10.7 Å². The Balaban J connectivity index is 2.90. The molecule has 7 heteroatoms. The van der Waals surface area contributed by atoms with Crippen LogP contribution in [-0.2, 0) is 13.8 Å². The molecule has 1 aromatic rings. The molecule has 5 nitrogen and oxygen atoms in total. The first kappa shape index (κ1) is 12.1. The highest BCUT2D eigenvalue weighted by Gasteiger charge is 2.17. The quantitative estimate of drug-likeness (QED) is 0.653. The first-order valence-electron chi connectivity index (χ1n) is 4.15. The van der Waals surface area contributed by atoms with Crippen molar-refractivity contribution in [3.63, 3.8) is 0 Å². The number of halogens is 1. The summed E-state index contributed by atoms with van der Waals surface area (Å²) < 4.78 is 26.6. The van der Waals surface area contributed by atoms with Crippen molar-refractivity contribution in [2.75, 3.05) is 0 Å². The van der Waals surface area contributed by atoms with Gasteiger partial charge in [0.25, 0.3) is 9.05 Å². The normalized spacial score (nSPS) is 11.7. The van der Waals surface area contributed by atoms with Gasteiger partial charge in [-0.05, 0) is 19.9 Å². The third-order valence-corrected chi connectivity index (χ3v) is 2.83. The second-order valence-electron chi connectivity index (χ2n) is 3.14. The standard InChI is InChI=1S/C8H10ClNO4S/c1-5(2)14-8(11)7-3-6(4-10-7)15(9,12)13/h3-5,10H,1-2H3. The Morgan fingerprint density at radius 3 is 2.53 bits per heavy atom. The van der Waals surface area contributed by atoms with Crippen molar-refractivity contribution < 1.29 is 17.9 Å². The predicted molar refractivity (Wildman–Crippen MR) is 54.4 cm³/mol. The van der Waals surface area contributed by atoms with Gasteiger partial charge in [0.15, 0.2) is 0 Å². The molecule has 0 aliphatic heterocycles. The molecule has 84 valence electrons. The Labute approximate surface area is 91.8 Å². The Morgan fingerprint density at radius 2 is 2.13 bits per heavy atom. The van der Waals surface area contributed by atoms with Gasteiger partial charge in [-0.1, -0.05) is 0 Å². The average Bonchev–Trinajstić information content (AvgIpc) is 2.48. The molecule has 1 aromatic heterocycles. The fourth-order valence-corrected chi connectivity index (χ4v) is 1.64. The number of H-pyrrole nitrogens is 1. The number of carbonyl (C=O) groups excluding carboxylic acids is 1. The minimum Gasteiger partial charge on any atom is -0.458 e. The molecule has 0 unspecified atom stereocenters. The SMILES string of the molecule is CC(C)OC(=O)c1cc(S(=O)(=O)Cl)c[nH]1. The fourth-order valence-electron chi connectivity index (χ4n) is 0.911. The van der Waals surface area contributed by atoms with Crippen molar-refractivity contribution in [1.29, 1.82) is 0 Å². The number of carbonyl (C=O) groups is 1. The monoisotopic (exact) mass is 251 g/mol. The van der Waals surface area contributed by atoms with Crippen molar-refractivity contribution in [2.45, 2.75) is 24.8 Å². The van der Waals surface area contributed by atoms with Crippen LogP contribution in [0.1, 0.15) is 24.3 Å². The van der Waals surface area contributed by atoms with Gasteiger partial charge < -0.3 is 9.72 Å². The van der Waals surface area contributed by atoms with E-state index in [0.717, 1.165) is 12.3 Å². The van der Waals surface area contributed by atoms with Gasteiger partial charge in [-0.2, -0.15) is 0 Å². The summed E-state index contributed by atoms with van der Waals surface area (Å²) in [6, 6.07) is 1.13. The minimum absolute atomic E-state index is 0.0583. The van der Waals surface area contributed by atoms with Crippen molar-refractivity contribution in [1.82, 2.24) is 4.98 Å². The van der Waals surface area contributed by atoms with Crippen LogP contribution in [-0.4, -0.2) is 25.5 Å². The highest BCUT2D eigenvalue weighted by molar-refractivity contribution is 8.13. The molecule has 1 rings (SSSR count). The second-order valence-corrected chi connectivity index (χ2v) is 5.71. The molecule has 0 amide bonds. The predicted octanol–water partition coefficient (Wildman–Crippen LogP) is 1.51. The minimum atomic E-state index is -3.81. The van der Waals surface area contributed by atoms with E-state index >= 15 is 0 Å². The third-order valence-electron chi connectivity index (χ3n) is 1.50. The van der Waals surface area contributed by atoms with Crippen molar-refractivity contribution in [3.05, 3.63) is 18.0 Å². The highest BCUT2D eigenvalue weighted by Crippen LogP contribution is 2.16. The lowest BCUT2D eigenvalue weighted by Gasteiger charge is -2.05. The molecule has 0 saturated carbocycles. The molecule has 0 radical (unpaired) electrons. The van der Waals surface area contributed by atoms with E-state index in [1.807, 2.05) is 0 Å². The molecule has 0 aromatic carbocycles. The topological polar surface area (TPSA) is 76.2 Å². The van der Waals surface area contributed by atoms with Crippen molar-refractivity contribution in [3.8, 4) is 0 Å². The van der Waals surface area contributed by atoms with E-state index in [1.54, 1.807) is 13.8 Å². The van der Waals surface area contributed by atoms with Crippen LogP contribution in [0.25, 0.3) is 0 Å². The van der Waals surface area contributed by atoms with Gasteiger partial charge in [-0.3, -0.25) is 0 Å². The number of hydrogen-bond donors (Lipinski definition) is 1. The molecular weight excluding hydrogens is 242 g/mol. The van der Waals surface area contributed by atoms with Gasteiger partial charge >= 0.3 is 5.97 Å². The Kier molecular flexibility index (Phi) is 3.41. The molecule has 0 aliphatic rings. The number of nitrogens with one attached hydrogen (secondary N) is 1. The van der Waals surface area contributed by atoms with Crippen LogP contribution < -0.4 is 0 Å². The summed E-state index contributed by atoms with van der Waals surface area (Å²) in [5.41, 5.74) is 0.0583. The number of aromatic nitrogens is 1. The van der Waals surface area contributed by atoms with Crippen LogP contribution in [0.3, 0.4) is 0 Å². The maximum Gasteiger partial charge on any atom is 0.355 e. The highest BCUT2D eigenvalue weighted by atomic mass is 35.7. The number of aromatic amines is 1. The van der Waals surface area contributed by atoms with Gasteiger partial charge in [0.1, 0.15) is 10.6 Å². The summed E-state index contributed by atoms with van der Waals surface area (Å²) in [5.74, 6) is -0.614. The van der Waals surface area contributed by atoms with Crippen LogP contribution in [0.5, 0.6) is 0 Å². The maximum atomic E-state index is 11.3. The molecule has 1 heterocycles. The van der Waals surface area contributed by atoms with E-state index in [0.29, 0.717) is 0 Å². The summed E-state index contributed by atoms with van der Waals surface area (Å²) in [7, 11) is 1.27. The van der Waals surface area contributed by atoms with Gasteiger partial charge in [0.05, 0.1) is 6.10 Å². The third kappa shape index (κ3) is 3.24. The van der Waals surface area contributed by atoms with E-state index in [1.165, 1.54) is 0 Å². The summed E-state index contributed by atoms with van der Waals surface area (Å²) >= 11 is 0. The number of rotatable bonds is 3. The van der Waals surface area contributed by atoms with Gasteiger partial charge in [-0.15, -0.1) is 0 Å². The van der Waals surface area contributed by atoms with E-state index in [9.17, 15) is 13.2 Å². The Bertz CT molecular complexity index is 463. The molecule has 1 N–H and O–H groups in total. The number of esters is 1.